The van der Waals surface area contributed by atoms with E-state index in [-0.39, 0.29) is 18.6 Å². The second-order valence-electron chi connectivity index (χ2n) is 8.96. The van der Waals surface area contributed by atoms with Gasteiger partial charge in [-0.25, -0.2) is 4.79 Å². The van der Waals surface area contributed by atoms with Crippen LogP contribution < -0.4 is 0 Å². The Balaban J connectivity index is 1.36. The van der Waals surface area contributed by atoms with E-state index in [9.17, 15) is 9.90 Å². The van der Waals surface area contributed by atoms with Crippen molar-refractivity contribution in [3.05, 3.63) is 95.6 Å². The van der Waals surface area contributed by atoms with Crippen LogP contribution >= 0.6 is 0 Å². The molecule has 5 rings (SSSR count). The number of piperidine rings is 1. The number of carbonyl (C=O) groups is 1. The van der Waals surface area contributed by atoms with E-state index in [1.54, 1.807) is 4.90 Å². The molecule has 1 atom stereocenters. The topological polar surface area (TPSA) is 49.8 Å². The van der Waals surface area contributed by atoms with Gasteiger partial charge >= 0.3 is 6.09 Å². The fourth-order valence-electron chi connectivity index (χ4n) is 5.43. The molecule has 1 unspecified atom stereocenters. The molecule has 4 heteroatoms. The zero-order chi connectivity index (χ0) is 22.0. The summed E-state index contributed by atoms with van der Waals surface area (Å²) in [6, 6.07) is 26.8. The standard InChI is InChI=1S/C28H29NO3/c30-20-28(18-21-10-2-1-3-11-21)16-8-9-17-29(28)27(31)32-19-26-24-14-6-4-12-22(24)23-13-5-7-15-25(23)26/h1-7,10-15,26,30H,8-9,16-20H2. The first-order valence-corrected chi connectivity index (χ1v) is 11.5. The van der Waals surface area contributed by atoms with Crippen LogP contribution in [0, 0.1) is 0 Å². The third-order valence-electron chi connectivity index (χ3n) is 7.07. The van der Waals surface area contributed by atoms with Crippen LogP contribution in [0.4, 0.5) is 4.79 Å². The summed E-state index contributed by atoms with van der Waals surface area (Å²) in [4.78, 5) is 15.1. The highest BCUT2D eigenvalue weighted by molar-refractivity contribution is 5.79. The number of aliphatic hydroxyl groups excluding tert-OH is 1. The molecule has 164 valence electrons. The number of aliphatic hydroxyl groups is 1. The van der Waals surface area contributed by atoms with Crippen molar-refractivity contribution in [2.75, 3.05) is 19.8 Å². The molecule has 0 saturated carbocycles. The molecule has 1 aliphatic carbocycles. The SMILES string of the molecule is O=C(OCC1c2ccccc2-c2ccccc21)N1CCCCC1(CO)Cc1ccccc1. The summed E-state index contributed by atoms with van der Waals surface area (Å²) in [5.74, 6) is 0.0359. The zero-order valence-corrected chi connectivity index (χ0v) is 18.2. The fraction of sp³-hybridized carbons (Fsp3) is 0.321. The predicted molar refractivity (Wildman–Crippen MR) is 126 cm³/mol. The lowest BCUT2D eigenvalue weighted by Gasteiger charge is -2.45. The van der Waals surface area contributed by atoms with Crippen LogP contribution in [0.5, 0.6) is 0 Å². The van der Waals surface area contributed by atoms with Gasteiger partial charge in [-0.2, -0.15) is 0 Å². The molecule has 0 radical (unpaired) electrons. The van der Waals surface area contributed by atoms with Crippen molar-refractivity contribution >= 4 is 6.09 Å². The quantitative estimate of drug-likeness (QED) is 0.593. The van der Waals surface area contributed by atoms with Gasteiger partial charge in [0.05, 0.1) is 12.1 Å². The summed E-state index contributed by atoms with van der Waals surface area (Å²) in [6.07, 6.45) is 3.02. The molecule has 2 aliphatic rings. The van der Waals surface area contributed by atoms with Gasteiger partial charge in [0.1, 0.15) is 6.61 Å². The molecule has 0 aromatic heterocycles. The monoisotopic (exact) mass is 427 g/mol. The average molecular weight is 428 g/mol. The van der Waals surface area contributed by atoms with Crippen LogP contribution in [0.25, 0.3) is 11.1 Å². The zero-order valence-electron chi connectivity index (χ0n) is 18.2. The Labute approximate surface area is 189 Å². The molecule has 1 heterocycles. The fourth-order valence-corrected chi connectivity index (χ4v) is 5.43. The van der Waals surface area contributed by atoms with Gasteiger partial charge in [0, 0.05) is 12.5 Å². The number of rotatable bonds is 5. The lowest BCUT2D eigenvalue weighted by atomic mass is 9.82. The Morgan fingerprint density at radius 1 is 0.906 bits per heavy atom. The number of likely N-dealkylation sites (tertiary alicyclic amines) is 1. The van der Waals surface area contributed by atoms with E-state index in [0.29, 0.717) is 19.6 Å². The molecule has 4 nitrogen and oxygen atoms in total. The van der Waals surface area contributed by atoms with E-state index in [2.05, 4.69) is 48.5 Å². The number of hydrogen-bond donors (Lipinski definition) is 1. The van der Waals surface area contributed by atoms with Crippen LogP contribution in [0.1, 0.15) is 41.9 Å². The predicted octanol–water partition coefficient (Wildman–Crippen LogP) is 5.40. The van der Waals surface area contributed by atoms with Crippen molar-refractivity contribution in [3.8, 4) is 11.1 Å². The van der Waals surface area contributed by atoms with Gasteiger partial charge in [0.2, 0.25) is 0 Å². The number of nitrogens with zero attached hydrogens (tertiary/aromatic N) is 1. The lowest BCUT2D eigenvalue weighted by Crippen LogP contribution is -2.58. The number of ether oxygens (including phenoxy) is 1. The maximum Gasteiger partial charge on any atom is 0.410 e. The molecule has 0 bridgehead atoms. The van der Waals surface area contributed by atoms with Crippen molar-refractivity contribution in [1.82, 2.24) is 4.90 Å². The third-order valence-corrected chi connectivity index (χ3v) is 7.07. The smallest absolute Gasteiger partial charge is 0.410 e. The first-order valence-electron chi connectivity index (χ1n) is 11.5. The Kier molecular flexibility index (Phi) is 5.71. The number of fused-ring (bicyclic) bond motifs is 3. The molecule has 3 aromatic carbocycles. The van der Waals surface area contributed by atoms with E-state index in [0.717, 1.165) is 24.8 Å². The molecule has 0 spiro atoms. The number of carbonyl (C=O) groups excluding carboxylic acids is 1. The van der Waals surface area contributed by atoms with Crippen LogP contribution in [0.3, 0.4) is 0 Å². The maximum absolute atomic E-state index is 13.3. The van der Waals surface area contributed by atoms with Crippen molar-refractivity contribution in [2.24, 2.45) is 0 Å². The van der Waals surface area contributed by atoms with E-state index in [4.69, 9.17) is 4.74 Å². The Bertz CT molecular complexity index is 1050. The first kappa shape index (κ1) is 20.8. The van der Waals surface area contributed by atoms with Crippen molar-refractivity contribution in [2.45, 2.75) is 37.1 Å². The van der Waals surface area contributed by atoms with Crippen LogP contribution in [-0.2, 0) is 11.2 Å². The van der Waals surface area contributed by atoms with E-state index in [1.807, 2.05) is 30.3 Å². The molecule has 1 fully saturated rings. The summed E-state index contributed by atoms with van der Waals surface area (Å²) in [7, 11) is 0. The minimum Gasteiger partial charge on any atom is -0.448 e. The van der Waals surface area contributed by atoms with E-state index in [1.165, 1.54) is 22.3 Å². The minimum atomic E-state index is -0.609. The Morgan fingerprint density at radius 2 is 1.53 bits per heavy atom. The Morgan fingerprint density at radius 3 is 2.19 bits per heavy atom. The van der Waals surface area contributed by atoms with Crippen molar-refractivity contribution in [3.63, 3.8) is 0 Å². The van der Waals surface area contributed by atoms with Gasteiger partial charge in [0.15, 0.2) is 0 Å². The maximum atomic E-state index is 13.3. The van der Waals surface area contributed by atoms with Crippen molar-refractivity contribution in [1.29, 1.82) is 0 Å². The van der Waals surface area contributed by atoms with Gasteiger partial charge in [-0.05, 0) is 53.5 Å². The van der Waals surface area contributed by atoms with Gasteiger partial charge in [-0.1, -0.05) is 78.9 Å². The summed E-state index contributed by atoms with van der Waals surface area (Å²) in [5.41, 5.74) is 5.37. The number of amides is 1. The molecule has 1 N–H and O–H groups in total. The van der Waals surface area contributed by atoms with E-state index >= 15 is 0 Å². The van der Waals surface area contributed by atoms with Gasteiger partial charge in [-0.3, -0.25) is 4.90 Å². The van der Waals surface area contributed by atoms with Crippen molar-refractivity contribution < 1.29 is 14.6 Å². The summed E-state index contributed by atoms with van der Waals surface area (Å²) in [5, 5.41) is 10.4. The first-order chi connectivity index (χ1) is 15.7. The molecule has 32 heavy (non-hydrogen) atoms. The van der Waals surface area contributed by atoms with Crippen LogP contribution in [0.15, 0.2) is 78.9 Å². The molecule has 3 aromatic rings. The highest BCUT2D eigenvalue weighted by atomic mass is 16.6. The normalized spacial score (nSPS) is 20.0. The summed E-state index contributed by atoms with van der Waals surface area (Å²) >= 11 is 0. The highest BCUT2D eigenvalue weighted by Crippen LogP contribution is 2.44. The average Bonchev–Trinajstić information content (AvgIpc) is 3.17. The number of benzene rings is 3. The largest absolute Gasteiger partial charge is 0.448 e. The summed E-state index contributed by atoms with van der Waals surface area (Å²) < 4.78 is 5.95. The van der Waals surface area contributed by atoms with Crippen LogP contribution in [-0.4, -0.2) is 41.4 Å². The highest BCUT2D eigenvalue weighted by Gasteiger charge is 2.42. The Hall–Kier alpha value is -3.11. The number of hydrogen-bond acceptors (Lipinski definition) is 3. The minimum absolute atomic E-state index is 0.0359. The second-order valence-corrected chi connectivity index (χ2v) is 8.96. The lowest BCUT2D eigenvalue weighted by molar-refractivity contribution is -0.00535. The van der Waals surface area contributed by atoms with Gasteiger partial charge < -0.3 is 9.84 Å². The molecular weight excluding hydrogens is 398 g/mol. The van der Waals surface area contributed by atoms with Gasteiger partial charge in [0.25, 0.3) is 0 Å². The molecule has 1 saturated heterocycles. The van der Waals surface area contributed by atoms with Crippen LogP contribution in [0.2, 0.25) is 0 Å². The summed E-state index contributed by atoms with van der Waals surface area (Å²) in [6.45, 7) is 0.854. The molecular formula is C28H29NO3. The van der Waals surface area contributed by atoms with Gasteiger partial charge in [-0.15, -0.1) is 0 Å². The second kappa shape index (κ2) is 8.79. The van der Waals surface area contributed by atoms with E-state index < -0.39 is 5.54 Å². The molecule has 1 amide bonds. The third kappa shape index (κ3) is 3.69. The molecule has 1 aliphatic heterocycles.